The van der Waals surface area contributed by atoms with Crippen molar-refractivity contribution in [3.63, 3.8) is 0 Å². The summed E-state index contributed by atoms with van der Waals surface area (Å²) in [5.74, 6) is -1.95. The SMILES string of the molecule is CCOP(=O)(O)/C(C(=O)O)=C(/C)C(P(=O)(O)OCC)P(=O)(O)OCC. The number of aliphatic carboxylic acids is 1. The van der Waals surface area contributed by atoms with E-state index < -0.39 is 45.0 Å². The van der Waals surface area contributed by atoms with Gasteiger partial charge >= 0.3 is 28.8 Å². The summed E-state index contributed by atoms with van der Waals surface area (Å²) in [6.45, 7) is 3.83. The van der Waals surface area contributed by atoms with Crippen LogP contribution in [0.1, 0.15) is 27.7 Å². The average molecular weight is 424 g/mol. The van der Waals surface area contributed by atoms with E-state index in [1.165, 1.54) is 20.8 Å². The molecular weight excluding hydrogens is 401 g/mol. The molecule has 0 aromatic carbocycles. The van der Waals surface area contributed by atoms with E-state index in [1.807, 2.05) is 0 Å². The molecule has 0 saturated heterocycles. The van der Waals surface area contributed by atoms with Crippen LogP contribution in [0.2, 0.25) is 0 Å². The van der Waals surface area contributed by atoms with Gasteiger partial charge in [0.1, 0.15) is 5.31 Å². The molecule has 0 bridgehead atoms. The van der Waals surface area contributed by atoms with Gasteiger partial charge in [0.05, 0.1) is 19.8 Å². The highest BCUT2D eigenvalue weighted by molar-refractivity contribution is 7.72. The summed E-state index contributed by atoms with van der Waals surface area (Å²) in [7, 11) is -14.8. The summed E-state index contributed by atoms with van der Waals surface area (Å²) in [5.41, 5.74) is -0.814. The van der Waals surface area contributed by atoms with Gasteiger partial charge in [0.2, 0.25) is 0 Å². The number of hydrogen-bond donors (Lipinski definition) is 4. The van der Waals surface area contributed by atoms with Gasteiger partial charge in [-0.1, -0.05) is 0 Å². The average Bonchev–Trinajstić information content (AvgIpc) is 2.35. The van der Waals surface area contributed by atoms with Crippen LogP contribution < -0.4 is 0 Å². The minimum atomic E-state index is -4.94. The molecule has 0 fully saturated rings. The molecule has 0 radical (unpaired) electrons. The van der Waals surface area contributed by atoms with Gasteiger partial charge in [-0.25, -0.2) is 4.79 Å². The highest BCUT2D eigenvalue weighted by Crippen LogP contribution is 2.69. The zero-order valence-electron chi connectivity index (χ0n) is 14.2. The van der Waals surface area contributed by atoms with Gasteiger partial charge in [-0.3, -0.25) is 13.7 Å². The Kier molecular flexibility index (Phi) is 9.42. The lowest BCUT2D eigenvalue weighted by atomic mass is 10.3. The van der Waals surface area contributed by atoms with Gasteiger partial charge < -0.3 is 33.4 Å². The first-order valence-corrected chi connectivity index (χ1v) is 12.0. The molecule has 0 aromatic heterocycles. The van der Waals surface area contributed by atoms with E-state index in [2.05, 4.69) is 13.6 Å². The van der Waals surface area contributed by atoms with E-state index in [-0.39, 0.29) is 19.8 Å². The lowest BCUT2D eigenvalue weighted by Crippen LogP contribution is -2.19. The summed E-state index contributed by atoms with van der Waals surface area (Å²) >= 11 is 0. The molecule has 25 heavy (non-hydrogen) atoms. The van der Waals surface area contributed by atoms with Crippen LogP contribution in [-0.4, -0.2) is 51.0 Å². The van der Waals surface area contributed by atoms with E-state index >= 15 is 0 Å². The molecule has 3 atom stereocenters. The van der Waals surface area contributed by atoms with Crippen molar-refractivity contribution in [3.05, 3.63) is 10.9 Å². The van der Waals surface area contributed by atoms with Crippen LogP contribution in [0.15, 0.2) is 10.9 Å². The third-order valence-corrected chi connectivity index (χ3v) is 9.53. The fourth-order valence-corrected chi connectivity index (χ4v) is 7.69. The van der Waals surface area contributed by atoms with Crippen molar-refractivity contribution in [2.75, 3.05) is 19.8 Å². The van der Waals surface area contributed by atoms with Gasteiger partial charge in [-0.2, -0.15) is 0 Å². The van der Waals surface area contributed by atoms with Crippen molar-refractivity contribution < 1.29 is 51.8 Å². The van der Waals surface area contributed by atoms with E-state index in [1.54, 1.807) is 0 Å². The van der Waals surface area contributed by atoms with Crippen molar-refractivity contribution in [2.24, 2.45) is 0 Å². The molecule has 0 rings (SSSR count). The molecule has 0 amide bonds. The Labute approximate surface area is 145 Å². The summed E-state index contributed by atoms with van der Waals surface area (Å²) in [5, 5.41) is 5.59. The summed E-state index contributed by atoms with van der Waals surface area (Å²) in [6.07, 6.45) is 0. The van der Waals surface area contributed by atoms with Crippen LogP contribution >= 0.6 is 22.8 Å². The van der Waals surface area contributed by atoms with Gasteiger partial charge in [0, 0.05) is 0 Å². The van der Waals surface area contributed by atoms with Crippen molar-refractivity contribution in [2.45, 2.75) is 33.1 Å². The number of carbonyl (C=O) groups is 1. The van der Waals surface area contributed by atoms with Gasteiger partial charge in [-0.15, -0.1) is 0 Å². The summed E-state index contributed by atoms with van der Waals surface area (Å²) in [4.78, 5) is 41.3. The number of allylic oxidation sites excluding steroid dienone is 1. The molecule has 0 saturated carbocycles. The summed E-state index contributed by atoms with van der Waals surface area (Å²) < 4.78 is 50.6. The van der Waals surface area contributed by atoms with Crippen molar-refractivity contribution >= 4 is 28.8 Å². The highest BCUT2D eigenvalue weighted by atomic mass is 31.2. The maximum absolute atomic E-state index is 12.4. The smallest absolute Gasteiger partial charge is 0.366 e. The first-order valence-electron chi connectivity index (χ1n) is 7.14. The van der Waals surface area contributed by atoms with Gasteiger partial charge in [-0.05, 0) is 33.3 Å². The molecule has 4 N–H and O–H groups in total. The Morgan fingerprint density at radius 2 is 1.24 bits per heavy atom. The lowest BCUT2D eigenvalue weighted by molar-refractivity contribution is -0.132. The second-order valence-electron chi connectivity index (χ2n) is 4.61. The molecular formula is C11H23O11P3. The minimum Gasteiger partial charge on any atom is -0.477 e. The quantitative estimate of drug-likeness (QED) is 0.283. The van der Waals surface area contributed by atoms with Crippen LogP contribution in [0.3, 0.4) is 0 Å². The maximum Gasteiger partial charge on any atom is 0.366 e. The molecule has 0 spiro atoms. The Hall–Kier alpha value is -0.340. The van der Waals surface area contributed by atoms with Crippen LogP contribution in [-0.2, 0) is 32.1 Å². The predicted molar refractivity (Wildman–Crippen MR) is 88.5 cm³/mol. The number of carboxylic acids is 1. The molecule has 148 valence electrons. The maximum atomic E-state index is 12.4. The number of hydrogen-bond acceptors (Lipinski definition) is 7. The minimum absolute atomic E-state index is 0.339. The van der Waals surface area contributed by atoms with E-state index in [0.29, 0.717) is 0 Å². The molecule has 3 unspecified atom stereocenters. The molecule has 14 heteroatoms. The van der Waals surface area contributed by atoms with Crippen molar-refractivity contribution in [3.8, 4) is 0 Å². The first-order chi connectivity index (χ1) is 11.3. The van der Waals surface area contributed by atoms with Crippen LogP contribution in [0.25, 0.3) is 0 Å². The highest BCUT2D eigenvalue weighted by Gasteiger charge is 2.51. The first kappa shape index (κ1) is 24.7. The zero-order valence-corrected chi connectivity index (χ0v) is 16.9. The molecule has 11 nitrogen and oxygen atoms in total. The molecule has 0 aliphatic carbocycles. The topological polar surface area (TPSA) is 177 Å². The monoisotopic (exact) mass is 424 g/mol. The van der Waals surface area contributed by atoms with E-state index in [0.717, 1.165) is 6.92 Å². The fourth-order valence-electron chi connectivity index (χ4n) is 2.06. The standard InChI is InChI=1S/C11H23O11P3/c1-5-20-23(14,15)9(10(12)13)8(4)11(24(16,17)21-6-2)25(18,19)22-7-3/h11H,5-7H2,1-4H3,(H,12,13)(H,14,15)(H,16,17)(H,18,19)/b9-8-. The van der Waals surface area contributed by atoms with E-state index in [4.69, 9.17) is 0 Å². The van der Waals surface area contributed by atoms with Gasteiger partial charge in [0.25, 0.3) is 0 Å². The Morgan fingerprint density at radius 1 is 0.880 bits per heavy atom. The molecule has 0 aliphatic heterocycles. The second-order valence-corrected chi connectivity index (χ2v) is 10.6. The molecule has 0 heterocycles. The number of rotatable bonds is 11. The van der Waals surface area contributed by atoms with Crippen molar-refractivity contribution in [1.82, 2.24) is 0 Å². The number of carboxylic acid groups (broad SMARTS) is 1. The van der Waals surface area contributed by atoms with Gasteiger partial charge in [0.15, 0.2) is 5.40 Å². The van der Waals surface area contributed by atoms with Crippen LogP contribution in [0, 0.1) is 0 Å². The zero-order chi connectivity index (χ0) is 20.1. The van der Waals surface area contributed by atoms with Crippen LogP contribution in [0.4, 0.5) is 0 Å². The lowest BCUT2D eigenvalue weighted by Gasteiger charge is -2.28. The Balaban J connectivity index is 6.69. The third-order valence-electron chi connectivity index (χ3n) is 2.80. The van der Waals surface area contributed by atoms with Crippen LogP contribution in [0.5, 0.6) is 0 Å². The summed E-state index contributed by atoms with van der Waals surface area (Å²) in [6, 6.07) is 0. The normalized spacial score (nSPS) is 21.4. The van der Waals surface area contributed by atoms with Crippen molar-refractivity contribution in [1.29, 1.82) is 0 Å². The molecule has 0 aromatic rings. The largest absolute Gasteiger partial charge is 0.477 e. The Bertz CT molecular complexity index is 630. The second kappa shape index (κ2) is 9.55. The molecule has 0 aliphatic rings. The fraction of sp³-hybridized carbons (Fsp3) is 0.727. The predicted octanol–water partition coefficient (Wildman–Crippen LogP) is 2.34. The Morgan fingerprint density at radius 3 is 1.52 bits per heavy atom. The third kappa shape index (κ3) is 6.40. The van der Waals surface area contributed by atoms with E-state index in [9.17, 15) is 38.3 Å².